The van der Waals surface area contributed by atoms with Crippen LogP contribution in [0.5, 0.6) is 0 Å². The lowest BCUT2D eigenvalue weighted by molar-refractivity contribution is -0.115. The van der Waals surface area contributed by atoms with Crippen LogP contribution in [0.3, 0.4) is 0 Å². The van der Waals surface area contributed by atoms with Gasteiger partial charge >= 0.3 is 0 Å². The molecule has 0 fully saturated rings. The number of hydrogen-bond donors (Lipinski definition) is 2. The molecule has 1 N–H and O–H groups in total. The van der Waals surface area contributed by atoms with E-state index in [1.165, 1.54) is 12.1 Å². The van der Waals surface area contributed by atoms with Gasteiger partial charge in [0.25, 0.3) is 0 Å². The molecule has 0 aliphatic heterocycles. The van der Waals surface area contributed by atoms with Gasteiger partial charge in [0.2, 0.25) is 5.91 Å². The molecule has 1 atom stereocenters. The molecule has 0 radical (unpaired) electrons. The van der Waals surface area contributed by atoms with Crippen molar-refractivity contribution in [2.24, 2.45) is 0 Å². The average Bonchev–Trinajstić information content (AvgIpc) is 2.49. The summed E-state index contributed by atoms with van der Waals surface area (Å²) in [5.74, 6) is -0.846. The van der Waals surface area contributed by atoms with Crippen molar-refractivity contribution in [3.63, 3.8) is 0 Å². The summed E-state index contributed by atoms with van der Waals surface area (Å²) in [5, 5.41) is 11.0. The van der Waals surface area contributed by atoms with Gasteiger partial charge in [0.05, 0.1) is 16.5 Å². The Morgan fingerprint density at radius 3 is 2.67 bits per heavy atom. The van der Waals surface area contributed by atoms with Crippen molar-refractivity contribution in [2.75, 3.05) is 5.32 Å². The van der Waals surface area contributed by atoms with Crippen molar-refractivity contribution in [1.29, 1.82) is 5.26 Å². The highest BCUT2D eigenvalue weighted by molar-refractivity contribution is 7.81. The Hall–Kier alpha value is -2.32. The first-order valence-corrected chi connectivity index (χ1v) is 6.84. The van der Waals surface area contributed by atoms with Crippen LogP contribution in [0.1, 0.15) is 11.1 Å². The standard InChI is InChI=1S/C16H13FN2OS/c17-13-6-7-14(12(9-13)10-18)19-16(20)15(21)8-11-4-2-1-3-5-11/h1-7,9,15,21H,8H2,(H,19,20). The maximum absolute atomic E-state index is 13.0. The molecule has 1 unspecified atom stereocenters. The molecule has 0 saturated heterocycles. The highest BCUT2D eigenvalue weighted by Gasteiger charge is 2.16. The summed E-state index contributed by atoms with van der Waals surface area (Å²) in [6, 6.07) is 15.0. The van der Waals surface area contributed by atoms with Gasteiger partial charge in [-0.05, 0) is 30.2 Å². The predicted octanol–water partition coefficient (Wildman–Crippen LogP) is 3.18. The van der Waals surface area contributed by atoms with Crippen LogP contribution >= 0.6 is 12.6 Å². The third-order valence-electron chi connectivity index (χ3n) is 2.93. The number of thiol groups is 1. The zero-order chi connectivity index (χ0) is 15.2. The van der Waals surface area contributed by atoms with Gasteiger partial charge in [-0.25, -0.2) is 4.39 Å². The largest absolute Gasteiger partial charge is 0.324 e. The number of benzene rings is 2. The Balaban J connectivity index is 2.06. The van der Waals surface area contributed by atoms with Crippen LogP contribution < -0.4 is 5.32 Å². The summed E-state index contributed by atoms with van der Waals surface area (Å²) in [6.07, 6.45) is 0.471. The normalized spacial score (nSPS) is 11.5. The van der Waals surface area contributed by atoms with Gasteiger partial charge in [-0.3, -0.25) is 4.79 Å². The minimum Gasteiger partial charge on any atom is -0.324 e. The van der Waals surface area contributed by atoms with Gasteiger partial charge in [0.15, 0.2) is 0 Å². The van der Waals surface area contributed by atoms with Crippen molar-refractivity contribution in [2.45, 2.75) is 11.7 Å². The molecule has 2 aromatic rings. The summed E-state index contributed by atoms with van der Waals surface area (Å²) in [7, 11) is 0. The first kappa shape index (κ1) is 15.1. The maximum Gasteiger partial charge on any atom is 0.237 e. The van der Waals surface area contributed by atoms with Crippen LogP contribution in [0.4, 0.5) is 10.1 Å². The fourth-order valence-corrected chi connectivity index (χ4v) is 2.14. The second kappa shape index (κ2) is 6.91. The Kier molecular flexibility index (Phi) is 4.96. The van der Waals surface area contributed by atoms with Gasteiger partial charge in [0.1, 0.15) is 11.9 Å². The van der Waals surface area contributed by atoms with Crippen LogP contribution in [0.15, 0.2) is 48.5 Å². The van der Waals surface area contributed by atoms with Crippen molar-refractivity contribution < 1.29 is 9.18 Å². The van der Waals surface area contributed by atoms with E-state index in [-0.39, 0.29) is 17.2 Å². The summed E-state index contributed by atoms with van der Waals surface area (Å²) in [5.41, 5.74) is 1.37. The van der Waals surface area contributed by atoms with Crippen LogP contribution in [0, 0.1) is 17.1 Å². The molecule has 106 valence electrons. The van der Waals surface area contributed by atoms with E-state index >= 15 is 0 Å². The Morgan fingerprint density at radius 1 is 1.29 bits per heavy atom. The molecule has 0 saturated carbocycles. The number of carbonyl (C=O) groups excluding carboxylic acids is 1. The third-order valence-corrected chi connectivity index (χ3v) is 3.35. The summed E-state index contributed by atoms with van der Waals surface area (Å²) >= 11 is 4.28. The number of amides is 1. The van der Waals surface area contributed by atoms with Gasteiger partial charge < -0.3 is 5.32 Å². The molecule has 0 heterocycles. The molecule has 5 heteroatoms. The van der Waals surface area contributed by atoms with Crippen molar-refractivity contribution in [3.05, 3.63) is 65.5 Å². The van der Waals surface area contributed by atoms with Crippen molar-refractivity contribution >= 4 is 24.2 Å². The van der Waals surface area contributed by atoms with E-state index in [1.807, 2.05) is 36.4 Å². The molecule has 2 rings (SSSR count). The SMILES string of the molecule is N#Cc1cc(F)ccc1NC(=O)C(S)Cc1ccccc1. The third kappa shape index (κ3) is 4.07. The zero-order valence-corrected chi connectivity index (χ0v) is 12.0. The van der Waals surface area contributed by atoms with Gasteiger partial charge in [-0.2, -0.15) is 17.9 Å². The maximum atomic E-state index is 13.0. The molecule has 0 spiro atoms. The van der Waals surface area contributed by atoms with Crippen molar-refractivity contribution in [3.8, 4) is 6.07 Å². The second-order valence-corrected chi connectivity index (χ2v) is 5.12. The highest BCUT2D eigenvalue weighted by atomic mass is 32.1. The van der Waals surface area contributed by atoms with Crippen LogP contribution in [0.25, 0.3) is 0 Å². The molecule has 3 nitrogen and oxygen atoms in total. The lowest BCUT2D eigenvalue weighted by atomic mass is 10.1. The number of hydrogen-bond acceptors (Lipinski definition) is 3. The Bertz CT molecular complexity index is 682. The Morgan fingerprint density at radius 2 is 2.00 bits per heavy atom. The van der Waals surface area contributed by atoms with Crippen molar-refractivity contribution in [1.82, 2.24) is 0 Å². The van der Waals surface area contributed by atoms with E-state index in [0.29, 0.717) is 6.42 Å². The van der Waals surface area contributed by atoms with E-state index < -0.39 is 11.1 Å². The molecule has 2 aromatic carbocycles. The highest BCUT2D eigenvalue weighted by Crippen LogP contribution is 2.17. The van der Waals surface area contributed by atoms with E-state index in [2.05, 4.69) is 17.9 Å². The minimum atomic E-state index is -0.552. The van der Waals surface area contributed by atoms with Gasteiger partial charge in [-0.1, -0.05) is 30.3 Å². The second-order valence-electron chi connectivity index (χ2n) is 4.50. The number of carbonyl (C=O) groups is 1. The summed E-state index contributed by atoms with van der Waals surface area (Å²) in [4.78, 5) is 12.1. The number of nitriles is 1. The quantitative estimate of drug-likeness (QED) is 0.852. The number of rotatable bonds is 4. The molecule has 0 aromatic heterocycles. The monoisotopic (exact) mass is 300 g/mol. The number of nitrogens with zero attached hydrogens (tertiary/aromatic N) is 1. The molecule has 1 amide bonds. The zero-order valence-electron chi connectivity index (χ0n) is 11.1. The molecular formula is C16H13FN2OS. The molecular weight excluding hydrogens is 287 g/mol. The fraction of sp³-hybridized carbons (Fsp3) is 0.125. The van der Waals surface area contributed by atoms with E-state index in [4.69, 9.17) is 5.26 Å². The van der Waals surface area contributed by atoms with E-state index in [9.17, 15) is 9.18 Å². The van der Waals surface area contributed by atoms with Crippen LogP contribution in [-0.4, -0.2) is 11.2 Å². The smallest absolute Gasteiger partial charge is 0.237 e. The molecule has 0 aliphatic carbocycles. The summed E-state index contributed by atoms with van der Waals surface area (Å²) < 4.78 is 13.0. The fourth-order valence-electron chi connectivity index (χ4n) is 1.86. The lowest BCUT2D eigenvalue weighted by Gasteiger charge is -2.12. The van der Waals surface area contributed by atoms with Gasteiger partial charge in [-0.15, -0.1) is 0 Å². The number of nitrogens with one attached hydrogen (secondary N) is 1. The average molecular weight is 300 g/mol. The lowest BCUT2D eigenvalue weighted by Crippen LogP contribution is -2.25. The van der Waals surface area contributed by atoms with Crippen LogP contribution in [0.2, 0.25) is 0 Å². The Labute approximate surface area is 127 Å². The molecule has 21 heavy (non-hydrogen) atoms. The van der Waals surface area contributed by atoms with Gasteiger partial charge in [0, 0.05) is 0 Å². The first-order chi connectivity index (χ1) is 10.1. The van der Waals surface area contributed by atoms with Crippen LogP contribution in [-0.2, 0) is 11.2 Å². The molecule has 0 bridgehead atoms. The predicted molar refractivity (Wildman–Crippen MR) is 82.7 cm³/mol. The number of anilines is 1. The summed E-state index contributed by atoms with van der Waals surface area (Å²) in [6.45, 7) is 0. The molecule has 0 aliphatic rings. The first-order valence-electron chi connectivity index (χ1n) is 6.32. The topological polar surface area (TPSA) is 52.9 Å². The minimum absolute atomic E-state index is 0.0867. The number of halogens is 1. The van der Waals surface area contributed by atoms with E-state index in [0.717, 1.165) is 11.6 Å². The van der Waals surface area contributed by atoms with E-state index in [1.54, 1.807) is 0 Å².